The average molecular weight is 641 g/mol. The molecule has 7 atom stereocenters. The Labute approximate surface area is 274 Å². The molecule has 1 aliphatic rings. The molecule has 1 aromatic carbocycles. The monoisotopic (exact) mass is 640 g/mol. The molecule has 1 fully saturated rings. The van der Waals surface area contributed by atoms with Gasteiger partial charge in [-0.05, 0) is 56.7 Å². The van der Waals surface area contributed by atoms with Crippen LogP contribution in [0.4, 0.5) is 0 Å². The number of cyclic esters (lactones) is 1. The second-order valence-electron chi connectivity index (χ2n) is 12.6. The summed E-state index contributed by atoms with van der Waals surface area (Å²) in [6, 6.07) is 3.54. The number of rotatable bonds is 9. The van der Waals surface area contributed by atoms with Gasteiger partial charge in [0, 0.05) is 38.9 Å². The van der Waals surface area contributed by atoms with Crippen LogP contribution >= 0.6 is 0 Å². The first-order valence-corrected chi connectivity index (χ1v) is 16.1. The standard InChI is InChI=1S/C35H52N4O7/c1-11-13-14-15-27-23(6)35(44)46-30(22(5)12-2)34(43)39(9)28(20-25-16-18-26(45-10)19-17-25)32(41)37-29(21(3)4)33(42)38(8)24(7)31(40)36-27/h1,16-19,21-24,27-30H,12-15,20H2,2-10H3,(H,36,40)(H,37,41)/t22-,23+,24-,27-,28-,29-,30-/m0/s1. The van der Waals surface area contributed by atoms with Gasteiger partial charge in [-0.2, -0.15) is 0 Å². The van der Waals surface area contributed by atoms with Crippen LogP contribution in [-0.2, 0) is 35.1 Å². The molecular weight excluding hydrogens is 588 g/mol. The number of unbranched alkanes of at least 4 members (excludes halogenated alkanes) is 1. The smallest absolute Gasteiger partial charge is 0.311 e. The molecule has 2 N–H and O–H groups in total. The first-order chi connectivity index (χ1) is 21.7. The van der Waals surface area contributed by atoms with Crippen LogP contribution in [0.5, 0.6) is 5.75 Å². The van der Waals surface area contributed by atoms with Crippen LogP contribution in [0.15, 0.2) is 24.3 Å². The molecule has 0 aliphatic carbocycles. The molecule has 0 unspecified atom stereocenters. The van der Waals surface area contributed by atoms with Crippen molar-refractivity contribution in [2.45, 2.75) is 104 Å². The Hall–Kier alpha value is -4.07. The van der Waals surface area contributed by atoms with Crippen molar-refractivity contribution in [3.8, 4) is 18.1 Å². The third-order valence-corrected chi connectivity index (χ3v) is 9.03. The fourth-order valence-corrected chi connectivity index (χ4v) is 5.29. The quantitative estimate of drug-likeness (QED) is 0.241. The number of nitrogens with one attached hydrogen (secondary N) is 2. The first kappa shape index (κ1) is 38.1. The van der Waals surface area contributed by atoms with Crippen molar-refractivity contribution in [3.63, 3.8) is 0 Å². The summed E-state index contributed by atoms with van der Waals surface area (Å²) in [5.41, 5.74) is 0.755. The number of methoxy groups -OCH3 is 1. The van der Waals surface area contributed by atoms with Crippen LogP contribution in [0.2, 0.25) is 0 Å². The average Bonchev–Trinajstić information content (AvgIpc) is 3.05. The number of likely N-dealkylation sites (N-methyl/N-ethyl adjacent to an activating group) is 2. The van der Waals surface area contributed by atoms with E-state index in [4.69, 9.17) is 15.9 Å². The van der Waals surface area contributed by atoms with Gasteiger partial charge in [-0.1, -0.05) is 39.8 Å². The number of ether oxygens (including phenoxy) is 2. The van der Waals surface area contributed by atoms with E-state index >= 15 is 0 Å². The van der Waals surface area contributed by atoms with Gasteiger partial charge in [0.25, 0.3) is 5.91 Å². The number of esters is 1. The lowest BCUT2D eigenvalue weighted by molar-refractivity contribution is -0.168. The Morgan fingerprint density at radius 3 is 2.13 bits per heavy atom. The number of hydrogen-bond acceptors (Lipinski definition) is 7. The molecule has 2 rings (SSSR count). The summed E-state index contributed by atoms with van der Waals surface area (Å²) in [5, 5.41) is 5.79. The van der Waals surface area contributed by atoms with E-state index in [0.717, 1.165) is 5.56 Å². The minimum atomic E-state index is -1.18. The van der Waals surface area contributed by atoms with E-state index in [1.807, 2.05) is 13.8 Å². The Morgan fingerprint density at radius 1 is 0.957 bits per heavy atom. The summed E-state index contributed by atoms with van der Waals surface area (Å²) < 4.78 is 11.2. The van der Waals surface area contributed by atoms with Crippen molar-refractivity contribution < 1.29 is 33.4 Å². The summed E-state index contributed by atoms with van der Waals surface area (Å²) in [4.78, 5) is 71.6. The molecule has 1 saturated heterocycles. The third kappa shape index (κ3) is 9.71. The van der Waals surface area contributed by atoms with Gasteiger partial charge in [-0.25, -0.2) is 0 Å². The van der Waals surface area contributed by atoms with E-state index < -0.39 is 65.8 Å². The summed E-state index contributed by atoms with van der Waals surface area (Å²) in [5.74, 6) is -0.978. The second-order valence-corrected chi connectivity index (χ2v) is 12.6. The van der Waals surface area contributed by atoms with E-state index in [0.29, 0.717) is 31.4 Å². The van der Waals surface area contributed by atoms with Crippen LogP contribution in [0.25, 0.3) is 0 Å². The molecule has 1 aromatic rings. The predicted octanol–water partition coefficient (Wildman–Crippen LogP) is 2.95. The van der Waals surface area contributed by atoms with Crippen molar-refractivity contribution in [2.24, 2.45) is 17.8 Å². The summed E-state index contributed by atoms with van der Waals surface area (Å²) in [6.45, 7) is 10.5. The zero-order valence-electron chi connectivity index (χ0n) is 28.8. The maximum Gasteiger partial charge on any atom is 0.311 e. The Morgan fingerprint density at radius 2 is 1.59 bits per heavy atom. The van der Waals surface area contributed by atoms with E-state index in [2.05, 4.69) is 16.6 Å². The number of amides is 4. The summed E-state index contributed by atoms with van der Waals surface area (Å²) in [6.07, 6.45) is 6.32. The SMILES string of the molecule is C#CCCC[C@@H]1NC(=O)[C@H](C)N(C)C(=O)[C@H](C(C)C)NC(=O)[C@H](Cc2ccc(OC)cc2)N(C)C(=O)[C@H]([C@@H](C)CC)OC(=O)[C@@H]1C. The van der Waals surface area contributed by atoms with Crippen molar-refractivity contribution in [3.05, 3.63) is 29.8 Å². The number of benzene rings is 1. The molecule has 0 aromatic heterocycles. The van der Waals surface area contributed by atoms with Crippen LogP contribution in [0.1, 0.15) is 72.8 Å². The van der Waals surface area contributed by atoms with Crippen molar-refractivity contribution in [2.75, 3.05) is 21.2 Å². The molecule has 11 heteroatoms. The van der Waals surface area contributed by atoms with E-state index in [9.17, 15) is 24.0 Å². The van der Waals surface area contributed by atoms with Crippen molar-refractivity contribution in [1.82, 2.24) is 20.4 Å². The Balaban J connectivity index is 2.66. The Bertz CT molecular complexity index is 1260. The molecule has 0 bridgehead atoms. The van der Waals surface area contributed by atoms with Gasteiger partial charge in [0.1, 0.15) is 23.9 Å². The topological polar surface area (TPSA) is 134 Å². The number of terminal acetylenes is 1. The van der Waals surface area contributed by atoms with E-state index in [1.165, 1.54) is 23.9 Å². The van der Waals surface area contributed by atoms with Gasteiger partial charge >= 0.3 is 5.97 Å². The van der Waals surface area contributed by atoms with Gasteiger partial charge < -0.3 is 29.9 Å². The molecule has 1 heterocycles. The van der Waals surface area contributed by atoms with Gasteiger partial charge in [-0.3, -0.25) is 24.0 Å². The number of carbonyl (C=O) groups excluding carboxylic acids is 5. The van der Waals surface area contributed by atoms with Gasteiger partial charge in [0.2, 0.25) is 17.7 Å². The molecule has 11 nitrogen and oxygen atoms in total. The predicted molar refractivity (Wildman–Crippen MR) is 175 cm³/mol. The number of nitrogens with zero attached hydrogens (tertiary/aromatic N) is 2. The third-order valence-electron chi connectivity index (χ3n) is 9.03. The van der Waals surface area contributed by atoms with Crippen LogP contribution in [0, 0.1) is 30.1 Å². The molecule has 4 amide bonds. The fourth-order valence-electron chi connectivity index (χ4n) is 5.29. The lowest BCUT2D eigenvalue weighted by Gasteiger charge is -2.36. The highest BCUT2D eigenvalue weighted by molar-refractivity contribution is 5.95. The van der Waals surface area contributed by atoms with E-state index in [1.54, 1.807) is 59.1 Å². The van der Waals surface area contributed by atoms with Gasteiger partial charge in [0.15, 0.2) is 6.10 Å². The molecule has 0 radical (unpaired) electrons. The lowest BCUT2D eigenvalue weighted by Crippen LogP contribution is -2.60. The largest absolute Gasteiger partial charge is 0.497 e. The zero-order chi connectivity index (χ0) is 34.7. The van der Waals surface area contributed by atoms with Crippen molar-refractivity contribution >= 4 is 29.6 Å². The fraction of sp³-hybridized carbons (Fsp3) is 0.629. The minimum absolute atomic E-state index is 0.126. The minimum Gasteiger partial charge on any atom is -0.497 e. The summed E-state index contributed by atoms with van der Waals surface area (Å²) >= 11 is 0. The van der Waals surface area contributed by atoms with E-state index in [-0.39, 0.29) is 18.3 Å². The highest BCUT2D eigenvalue weighted by Gasteiger charge is 2.40. The van der Waals surface area contributed by atoms with Crippen LogP contribution < -0.4 is 15.4 Å². The molecule has 254 valence electrons. The highest BCUT2D eigenvalue weighted by atomic mass is 16.5. The maximum atomic E-state index is 14.1. The van der Waals surface area contributed by atoms with Crippen LogP contribution in [-0.4, -0.2) is 90.9 Å². The number of hydrogen-bond donors (Lipinski definition) is 2. The molecule has 0 spiro atoms. The molecular formula is C35H52N4O7. The Kier molecular flexibility index (Phi) is 14.6. The highest BCUT2D eigenvalue weighted by Crippen LogP contribution is 2.23. The van der Waals surface area contributed by atoms with Gasteiger partial charge in [0.05, 0.1) is 13.0 Å². The lowest BCUT2D eigenvalue weighted by atomic mass is 9.94. The zero-order valence-corrected chi connectivity index (χ0v) is 28.8. The molecule has 46 heavy (non-hydrogen) atoms. The first-order valence-electron chi connectivity index (χ1n) is 16.1. The normalized spacial score (nSPS) is 26.2. The number of carbonyl (C=O) groups is 5. The summed E-state index contributed by atoms with van der Waals surface area (Å²) in [7, 11) is 4.57. The molecule has 0 saturated carbocycles. The second kappa shape index (κ2) is 17.6. The van der Waals surface area contributed by atoms with Crippen LogP contribution in [0.3, 0.4) is 0 Å². The van der Waals surface area contributed by atoms with Crippen molar-refractivity contribution in [1.29, 1.82) is 0 Å². The van der Waals surface area contributed by atoms with Gasteiger partial charge in [-0.15, -0.1) is 12.3 Å². The molecule has 1 aliphatic heterocycles. The maximum absolute atomic E-state index is 14.1.